The van der Waals surface area contributed by atoms with Crippen LogP contribution in [0.5, 0.6) is 0 Å². The fourth-order valence-electron chi connectivity index (χ4n) is 2.81. The highest BCUT2D eigenvalue weighted by Gasteiger charge is 2.15. The third kappa shape index (κ3) is 4.91. The molecule has 0 fully saturated rings. The van der Waals surface area contributed by atoms with Gasteiger partial charge in [0.15, 0.2) is 0 Å². The second-order valence-electron chi connectivity index (χ2n) is 6.21. The number of halogens is 1. The molecule has 5 heteroatoms. The zero-order valence-electron chi connectivity index (χ0n) is 15.2. The summed E-state index contributed by atoms with van der Waals surface area (Å²) in [5.41, 5.74) is 2.83. The summed E-state index contributed by atoms with van der Waals surface area (Å²) in [7, 11) is 0. The van der Waals surface area contributed by atoms with Crippen molar-refractivity contribution in [3.63, 3.8) is 0 Å². The predicted molar refractivity (Wildman–Crippen MR) is 105 cm³/mol. The average Bonchev–Trinajstić information content (AvgIpc) is 2.72. The van der Waals surface area contributed by atoms with Crippen LogP contribution in [0.3, 0.4) is 0 Å². The summed E-state index contributed by atoms with van der Waals surface area (Å²) in [5.74, 6) is -0.339. The molecule has 4 nitrogen and oxygen atoms in total. The van der Waals surface area contributed by atoms with Crippen LogP contribution >= 0.6 is 0 Å². The largest absolute Gasteiger partial charge is 0.380 e. The Morgan fingerprint density at radius 1 is 1.07 bits per heavy atom. The molecule has 27 heavy (non-hydrogen) atoms. The van der Waals surface area contributed by atoms with Crippen molar-refractivity contribution in [1.82, 2.24) is 9.88 Å². The van der Waals surface area contributed by atoms with Gasteiger partial charge in [-0.25, -0.2) is 4.39 Å². The van der Waals surface area contributed by atoms with E-state index in [-0.39, 0.29) is 11.7 Å². The molecule has 0 spiro atoms. The summed E-state index contributed by atoms with van der Waals surface area (Å²) in [6, 6.07) is 18.2. The Labute approximate surface area is 158 Å². The van der Waals surface area contributed by atoms with E-state index in [1.54, 1.807) is 41.6 Å². The maximum atomic E-state index is 13.7. The van der Waals surface area contributed by atoms with Crippen molar-refractivity contribution in [2.75, 3.05) is 11.9 Å². The molecule has 138 valence electrons. The minimum absolute atomic E-state index is 0.0802. The maximum Gasteiger partial charge on any atom is 0.255 e. The van der Waals surface area contributed by atoms with Crippen molar-refractivity contribution in [2.45, 2.75) is 20.0 Å². The van der Waals surface area contributed by atoms with Gasteiger partial charge in [-0.3, -0.25) is 9.78 Å². The molecule has 0 bridgehead atoms. The number of aromatic nitrogens is 1. The molecule has 1 N–H and O–H groups in total. The van der Waals surface area contributed by atoms with Crippen molar-refractivity contribution >= 4 is 11.6 Å². The van der Waals surface area contributed by atoms with Gasteiger partial charge in [0.05, 0.1) is 11.3 Å². The van der Waals surface area contributed by atoms with Gasteiger partial charge in [0.2, 0.25) is 0 Å². The van der Waals surface area contributed by atoms with Crippen LogP contribution in [0.15, 0.2) is 73.1 Å². The van der Waals surface area contributed by atoms with Gasteiger partial charge in [-0.1, -0.05) is 48.5 Å². The number of hydrogen-bond acceptors (Lipinski definition) is 3. The average molecular weight is 363 g/mol. The molecule has 1 amide bonds. The Morgan fingerprint density at radius 2 is 1.81 bits per heavy atom. The minimum Gasteiger partial charge on any atom is -0.380 e. The van der Waals surface area contributed by atoms with E-state index in [1.807, 2.05) is 37.3 Å². The summed E-state index contributed by atoms with van der Waals surface area (Å²) >= 11 is 0. The lowest BCUT2D eigenvalue weighted by Gasteiger charge is -2.21. The topological polar surface area (TPSA) is 45.2 Å². The van der Waals surface area contributed by atoms with Gasteiger partial charge in [-0.2, -0.15) is 0 Å². The van der Waals surface area contributed by atoms with E-state index in [4.69, 9.17) is 0 Å². The van der Waals surface area contributed by atoms with Gasteiger partial charge < -0.3 is 10.2 Å². The highest BCUT2D eigenvalue weighted by molar-refractivity contribution is 5.94. The van der Waals surface area contributed by atoms with Crippen LogP contribution in [0, 0.1) is 5.82 Å². The molecule has 0 radical (unpaired) electrons. The monoisotopic (exact) mass is 363 g/mol. The number of amides is 1. The van der Waals surface area contributed by atoms with Crippen LogP contribution in [-0.2, 0) is 13.1 Å². The lowest BCUT2D eigenvalue weighted by Crippen LogP contribution is -2.30. The van der Waals surface area contributed by atoms with E-state index in [0.29, 0.717) is 36.4 Å². The van der Waals surface area contributed by atoms with E-state index < -0.39 is 0 Å². The SMILES string of the molecule is CCN(Cc1ccccc1)C(=O)c1cncc(NCc2ccccc2F)c1. The molecule has 2 aromatic carbocycles. The Kier molecular flexibility index (Phi) is 6.15. The molecule has 0 saturated heterocycles. The minimum atomic E-state index is -0.259. The van der Waals surface area contributed by atoms with E-state index in [0.717, 1.165) is 5.56 Å². The molecule has 0 saturated carbocycles. The van der Waals surface area contributed by atoms with Crippen LogP contribution in [0.2, 0.25) is 0 Å². The van der Waals surface area contributed by atoms with Crippen molar-refractivity contribution in [2.24, 2.45) is 0 Å². The number of benzene rings is 2. The number of carbonyl (C=O) groups excluding carboxylic acids is 1. The third-order valence-electron chi connectivity index (χ3n) is 4.31. The molecular weight excluding hydrogens is 341 g/mol. The molecule has 0 unspecified atom stereocenters. The van der Waals surface area contributed by atoms with Crippen molar-refractivity contribution in [3.05, 3.63) is 95.6 Å². The second kappa shape index (κ2) is 8.94. The first kappa shape index (κ1) is 18.6. The lowest BCUT2D eigenvalue weighted by atomic mass is 10.1. The standard InChI is InChI=1S/C22H22FN3O/c1-2-26(16-17-8-4-3-5-9-17)22(27)19-12-20(15-24-13-19)25-14-18-10-6-7-11-21(18)23/h3-13,15,25H,2,14,16H2,1H3. The van der Waals surface area contributed by atoms with E-state index in [9.17, 15) is 9.18 Å². The lowest BCUT2D eigenvalue weighted by molar-refractivity contribution is 0.0752. The molecular formula is C22H22FN3O. The smallest absolute Gasteiger partial charge is 0.255 e. The normalized spacial score (nSPS) is 10.4. The quantitative estimate of drug-likeness (QED) is 0.672. The predicted octanol–water partition coefficient (Wildman–Crippen LogP) is 4.50. The molecule has 1 heterocycles. The Balaban J connectivity index is 1.70. The number of nitrogens with one attached hydrogen (secondary N) is 1. The Morgan fingerprint density at radius 3 is 2.56 bits per heavy atom. The van der Waals surface area contributed by atoms with Crippen LogP contribution in [0.25, 0.3) is 0 Å². The number of rotatable bonds is 7. The van der Waals surface area contributed by atoms with Crippen LogP contribution < -0.4 is 5.32 Å². The summed E-state index contributed by atoms with van der Waals surface area (Å²) < 4.78 is 13.7. The first-order chi connectivity index (χ1) is 13.2. The number of anilines is 1. The van der Waals surface area contributed by atoms with Gasteiger partial charge in [0.1, 0.15) is 5.82 Å². The molecule has 3 rings (SSSR count). The van der Waals surface area contributed by atoms with Crippen LogP contribution in [0.4, 0.5) is 10.1 Å². The molecule has 0 aliphatic carbocycles. The molecule has 0 atom stereocenters. The summed E-state index contributed by atoms with van der Waals surface area (Å²) in [6.45, 7) is 3.42. The molecule has 1 aromatic heterocycles. The van der Waals surface area contributed by atoms with Gasteiger partial charge in [-0.05, 0) is 24.6 Å². The van der Waals surface area contributed by atoms with Gasteiger partial charge in [0, 0.05) is 37.6 Å². The zero-order valence-corrected chi connectivity index (χ0v) is 15.2. The fraction of sp³-hybridized carbons (Fsp3) is 0.182. The third-order valence-corrected chi connectivity index (χ3v) is 4.31. The fourth-order valence-corrected chi connectivity index (χ4v) is 2.81. The Hall–Kier alpha value is -3.21. The van der Waals surface area contributed by atoms with E-state index in [1.165, 1.54) is 6.07 Å². The van der Waals surface area contributed by atoms with Gasteiger partial charge >= 0.3 is 0 Å². The molecule has 0 aliphatic heterocycles. The number of nitrogens with zero attached hydrogens (tertiary/aromatic N) is 2. The summed E-state index contributed by atoms with van der Waals surface area (Å²) in [4.78, 5) is 18.8. The molecule has 3 aromatic rings. The first-order valence-corrected chi connectivity index (χ1v) is 8.93. The number of carbonyl (C=O) groups is 1. The maximum absolute atomic E-state index is 13.7. The van der Waals surface area contributed by atoms with Gasteiger partial charge in [-0.15, -0.1) is 0 Å². The highest BCUT2D eigenvalue weighted by atomic mass is 19.1. The van der Waals surface area contributed by atoms with Gasteiger partial charge in [0.25, 0.3) is 5.91 Å². The van der Waals surface area contributed by atoms with Crippen LogP contribution in [0.1, 0.15) is 28.4 Å². The number of hydrogen-bond donors (Lipinski definition) is 1. The van der Waals surface area contributed by atoms with Crippen molar-refractivity contribution in [3.8, 4) is 0 Å². The van der Waals surface area contributed by atoms with Crippen LogP contribution in [-0.4, -0.2) is 22.3 Å². The summed E-state index contributed by atoms with van der Waals surface area (Å²) in [5, 5.41) is 3.13. The molecule has 0 aliphatic rings. The van der Waals surface area contributed by atoms with Crippen molar-refractivity contribution < 1.29 is 9.18 Å². The highest BCUT2D eigenvalue weighted by Crippen LogP contribution is 2.15. The number of pyridine rings is 1. The summed E-state index contributed by atoms with van der Waals surface area (Å²) in [6.07, 6.45) is 3.19. The van der Waals surface area contributed by atoms with Crippen molar-refractivity contribution in [1.29, 1.82) is 0 Å². The van der Waals surface area contributed by atoms with E-state index in [2.05, 4.69) is 10.3 Å². The Bertz CT molecular complexity index is 899. The zero-order chi connectivity index (χ0) is 19.1. The second-order valence-corrected chi connectivity index (χ2v) is 6.21. The first-order valence-electron chi connectivity index (χ1n) is 8.93. The van der Waals surface area contributed by atoms with E-state index >= 15 is 0 Å².